The van der Waals surface area contributed by atoms with Gasteiger partial charge in [-0.25, -0.2) is 5.01 Å². The highest BCUT2D eigenvalue weighted by Crippen LogP contribution is 2.36. The summed E-state index contributed by atoms with van der Waals surface area (Å²) in [5.74, 6) is 0.587. The number of amides is 1. The average Bonchev–Trinajstić information content (AvgIpc) is 3.24. The minimum Gasteiger partial charge on any atom is -0.497 e. The van der Waals surface area contributed by atoms with Crippen LogP contribution in [0.25, 0.3) is 5.70 Å². The van der Waals surface area contributed by atoms with E-state index in [9.17, 15) is 9.59 Å². The van der Waals surface area contributed by atoms with Crippen LogP contribution >= 0.6 is 0 Å². The van der Waals surface area contributed by atoms with Gasteiger partial charge in [0.2, 0.25) is 0 Å². The first-order valence-corrected chi connectivity index (χ1v) is 9.85. The van der Waals surface area contributed by atoms with Crippen LogP contribution in [-0.2, 0) is 4.79 Å². The zero-order valence-electron chi connectivity index (χ0n) is 17.2. The van der Waals surface area contributed by atoms with Gasteiger partial charge in [0.1, 0.15) is 11.5 Å². The quantitative estimate of drug-likeness (QED) is 0.496. The van der Waals surface area contributed by atoms with E-state index in [0.717, 1.165) is 11.3 Å². The second-order valence-electron chi connectivity index (χ2n) is 7.04. The topological polar surface area (TPSA) is 67.9 Å². The van der Waals surface area contributed by atoms with Crippen molar-refractivity contribution in [2.75, 3.05) is 7.11 Å². The van der Waals surface area contributed by atoms with E-state index in [1.54, 1.807) is 36.4 Å². The fourth-order valence-corrected chi connectivity index (χ4v) is 3.50. The largest absolute Gasteiger partial charge is 0.497 e. The third-order valence-electron chi connectivity index (χ3n) is 4.97. The molecule has 156 valence electrons. The molecular weight excluding hydrogens is 392 g/mol. The lowest BCUT2D eigenvalue weighted by molar-refractivity contribution is -0.131. The van der Waals surface area contributed by atoms with Crippen LogP contribution in [0.1, 0.15) is 34.5 Å². The molecule has 1 atom stereocenters. The van der Waals surface area contributed by atoms with Crippen molar-refractivity contribution < 1.29 is 19.1 Å². The molecule has 3 aromatic rings. The summed E-state index contributed by atoms with van der Waals surface area (Å²) in [6.45, 7) is 1.36. The van der Waals surface area contributed by atoms with E-state index in [0.29, 0.717) is 22.6 Å². The Morgan fingerprint density at radius 3 is 2.26 bits per heavy atom. The van der Waals surface area contributed by atoms with Crippen molar-refractivity contribution >= 4 is 17.6 Å². The first-order chi connectivity index (χ1) is 15.1. The number of para-hydroxylation sites is 1. The fraction of sp³-hybridized carbons (Fsp3) is 0.120. The van der Waals surface area contributed by atoms with Gasteiger partial charge in [-0.1, -0.05) is 42.5 Å². The number of esters is 1. The predicted octanol–water partition coefficient (Wildman–Crippen LogP) is 4.36. The van der Waals surface area contributed by atoms with Crippen LogP contribution in [0.5, 0.6) is 11.5 Å². The van der Waals surface area contributed by atoms with Gasteiger partial charge in [-0.05, 0) is 48.0 Å². The number of carbonyl (C=O) groups excluding carboxylic acids is 2. The van der Waals surface area contributed by atoms with E-state index < -0.39 is 5.97 Å². The van der Waals surface area contributed by atoms with Crippen molar-refractivity contribution in [3.05, 3.63) is 102 Å². The average molecular weight is 414 g/mol. The molecule has 1 N–H and O–H groups in total. The maximum Gasteiger partial charge on any atom is 0.308 e. The molecule has 1 amide bonds. The van der Waals surface area contributed by atoms with Gasteiger partial charge in [0.25, 0.3) is 5.91 Å². The Morgan fingerprint density at radius 2 is 1.58 bits per heavy atom. The number of ether oxygens (including phenoxy) is 2. The Kier molecular flexibility index (Phi) is 5.71. The summed E-state index contributed by atoms with van der Waals surface area (Å²) >= 11 is 0. The third-order valence-corrected chi connectivity index (χ3v) is 4.97. The Labute approximate surface area is 180 Å². The highest BCUT2D eigenvalue weighted by molar-refractivity contribution is 5.96. The van der Waals surface area contributed by atoms with Gasteiger partial charge in [-0.3, -0.25) is 15.0 Å². The lowest BCUT2D eigenvalue weighted by Crippen LogP contribution is -2.39. The molecule has 1 heterocycles. The molecule has 0 saturated carbocycles. The van der Waals surface area contributed by atoms with Crippen LogP contribution in [0.2, 0.25) is 0 Å². The zero-order valence-corrected chi connectivity index (χ0v) is 17.2. The minimum absolute atomic E-state index is 0.169. The van der Waals surface area contributed by atoms with Gasteiger partial charge in [0.05, 0.1) is 18.8 Å². The molecule has 0 spiro atoms. The van der Waals surface area contributed by atoms with Crippen molar-refractivity contribution in [1.82, 2.24) is 10.4 Å². The zero-order chi connectivity index (χ0) is 21.8. The molecule has 31 heavy (non-hydrogen) atoms. The van der Waals surface area contributed by atoms with Gasteiger partial charge in [-0.2, -0.15) is 0 Å². The summed E-state index contributed by atoms with van der Waals surface area (Å²) in [4.78, 5) is 24.9. The Bertz CT molecular complexity index is 1120. The Balaban J connectivity index is 1.74. The normalized spacial score (nSPS) is 15.1. The molecule has 6 nitrogen and oxygen atoms in total. The van der Waals surface area contributed by atoms with Crippen LogP contribution in [0.3, 0.4) is 0 Å². The summed E-state index contributed by atoms with van der Waals surface area (Å²) < 4.78 is 10.6. The summed E-state index contributed by atoms with van der Waals surface area (Å²) in [5, 5.41) is 1.58. The van der Waals surface area contributed by atoms with Crippen molar-refractivity contribution in [2.45, 2.75) is 13.0 Å². The summed E-state index contributed by atoms with van der Waals surface area (Å²) in [6.07, 6.45) is 1.95. The monoisotopic (exact) mass is 414 g/mol. The number of hydrogen-bond donors (Lipinski definition) is 1. The van der Waals surface area contributed by atoms with Crippen LogP contribution in [-0.4, -0.2) is 24.0 Å². The SMILES string of the molecule is COc1ccc([C@@H]2C=C(c3ccccc3OC(C)=O)NN2C(=O)c2ccccc2)cc1. The molecule has 0 bridgehead atoms. The van der Waals surface area contributed by atoms with Gasteiger partial charge in [0, 0.05) is 18.1 Å². The maximum atomic E-state index is 13.3. The predicted molar refractivity (Wildman–Crippen MR) is 117 cm³/mol. The van der Waals surface area contributed by atoms with E-state index in [1.165, 1.54) is 6.92 Å². The molecule has 6 heteroatoms. The second kappa shape index (κ2) is 8.75. The molecule has 0 radical (unpaired) electrons. The van der Waals surface area contributed by atoms with Crippen molar-refractivity contribution in [3.8, 4) is 11.5 Å². The van der Waals surface area contributed by atoms with E-state index >= 15 is 0 Å². The van der Waals surface area contributed by atoms with E-state index in [-0.39, 0.29) is 11.9 Å². The van der Waals surface area contributed by atoms with Crippen LogP contribution < -0.4 is 14.9 Å². The molecule has 0 aromatic heterocycles. The Hall–Kier alpha value is -4.06. The van der Waals surface area contributed by atoms with Crippen molar-refractivity contribution in [3.63, 3.8) is 0 Å². The number of nitrogens with one attached hydrogen (secondary N) is 1. The molecule has 1 aliphatic rings. The number of hydrogen-bond acceptors (Lipinski definition) is 5. The third kappa shape index (κ3) is 4.28. The maximum absolute atomic E-state index is 13.3. The highest BCUT2D eigenvalue weighted by atomic mass is 16.5. The molecule has 0 unspecified atom stereocenters. The summed E-state index contributed by atoms with van der Waals surface area (Å²) in [7, 11) is 1.61. The number of hydrazine groups is 1. The summed E-state index contributed by atoms with van der Waals surface area (Å²) in [6, 6.07) is 23.5. The fourth-order valence-electron chi connectivity index (χ4n) is 3.50. The molecular formula is C25H22N2O4. The van der Waals surface area contributed by atoms with Gasteiger partial charge < -0.3 is 9.47 Å². The molecule has 1 aliphatic heterocycles. The molecule has 3 aromatic carbocycles. The lowest BCUT2D eigenvalue weighted by Gasteiger charge is -2.26. The smallest absolute Gasteiger partial charge is 0.308 e. The van der Waals surface area contributed by atoms with Crippen molar-refractivity contribution in [2.24, 2.45) is 0 Å². The van der Waals surface area contributed by atoms with E-state index in [4.69, 9.17) is 9.47 Å². The minimum atomic E-state index is -0.407. The lowest BCUT2D eigenvalue weighted by atomic mass is 10.0. The van der Waals surface area contributed by atoms with E-state index in [2.05, 4.69) is 5.43 Å². The number of rotatable bonds is 5. The highest BCUT2D eigenvalue weighted by Gasteiger charge is 2.32. The van der Waals surface area contributed by atoms with Gasteiger partial charge in [0.15, 0.2) is 0 Å². The molecule has 0 saturated heterocycles. The number of nitrogens with zero attached hydrogens (tertiary/aromatic N) is 1. The van der Waals surface area contributed by atoms with Gasteiger partial charge in [-0.15, -0.1) is 0 Å². The standard InChI is InChI=1S/C25H22N2O4/c1-17(28)31-24-11-7-6-10-21(24)22-16-23(18-12-14-20(30-2)15-13-18)27(26-22)25(29)19-8-4-3-5-9-19/h3-16,23,26H,1-2H3/t23-/m0/s1. The van der Waals surface area contributed by atoms with Crippen LogP contribution in [0.15, 0.2) is 84.9 Å². The first kappa shape index (κ1) is 20.2. The summed E-state index contributed by atoms with van der Waals surface area (Å²) in [5.41, 5.74) is 6.08. The van der Waals surface area contributed by atoms with Crippen molar-refractivity contribution in [1.29, 1.82) is 0 Å². The van der Waals surface area contributed by atoms with E-state index in [1.807, 2.05) is 60.7 Å². The number of benzene rings is 3. The Morgan fingerprint density at radius 1 is 0.903 bits per heavy atom. The van der Waals surface area contributed by atoms with Gasteiger partial charge >= 0.3 is 5.97 Å². The second-order valence-corrected chi connectivity index (χ2v) is 7.04. The number of methoxy groups -OCH3 is 1. The van der Waals surface area contributed by atoms with Crippen LogP contribution in [0.4, 0.5) is 0 Å². The first-order valence-electron chi connectivity index (χ1n) is 9.85. The molecule has 4 rings (SSSR count). The number of carbonyl (C=O) groups is 2. The van der Waals surface area contributed by atoms with Crippen LogP contribution in [0, 0.1) is 0 Å². The molecule has 0 aliphatic carbocycles. The molecule has 0 fully saturated rings.